The molecule has 2 N–H and O–H groups in total. The Hall–Kier alpha value is -2.69. The van der Waals surface area contributed by atoms with E-state index in [1.165, 1.54) is 0 Å². The summed E-state index contributed by atoms with van der Waals surface area (Å²) in [6, 6.07) is 10.5. The second-order valence-corrected chi connectivity index (χ2v) is 3.85. The highest BCUT2D eigenvalue weighted by atomic mass is 16.1. The van der Waals surface area contributed by atoms with E-state index in [0.29, 0.717) is 24.2 Å². The smallest absolute Gasteiger partial charge is 0.253 e. The summed E-state index contributed by atoms with van der Waals surface area (Å²) in [7, 11) is 0. The molecular weight excluding hydrogens is 242 g/mol. The lowest BCUT2D eigenvalue weighted by atomic mass is 10.1. The minimum absolute atomic E-state index is 0.242. The Morgan fingerprint density at radius 2 is 2.05 bits per heavy atom. The van der Waals surface area contributed by atoms with Crippen LogP contribution < -0.4 is 10.6 Å². The van der Waals surface area contributed by atoms with Crippen molar-refractivity contribution in [3.63, 3.8) is 0 Å². The van der Waals surface area contributed by atoms with Crippen molar-refractivity contribution in [3.05, 3.63) is 59.9 Å². The van der Waals surface area contributed by atoms with Crippen LogP contribution in [-0.2, 0) is 11.3 Å². The van der Waals surface area contributed by atoms with Crippen LogP contribution in [0.3, 0.4) is 0 Å². The third-order valence-corrected chi connectivity index (χ3v) is 2.56. The van der Waals surface area contributed by atoms with Crippen molar-refractivity contribution in [3.8, 4) is 0 Å². The zero-order valence-corrected chi connectivity index (χ0v) is 10.2. The van der Waals surface area contributed by atoms with Crippen LogP contribution in [0.4, 0.5) is 5.69 Å². The average molecular weight is 255 g/mol. The predicted octanol–water partition coefficient (Wildman–Crippen LogP) is 1.58. The van der Waals surface area contributed by atoms with Crippen LogP contribution in [0.5, 0.6) is 0 Å². The van der Waals surface area contributed by atoms with Crippen LogP contribution in [0.2, 0.25) is 0 Å². The first-order valence-corrected chi connectivity index (χ1v) is 5.77. The van der Waals surface area contributed by atoms with Crippen molar-refractivity contribution in [2.24, 2.45) is 0 Å². The summed E-state index contributed by atoms with van der Waals surface area (Å²) in [6.07, 6.45) is 3.91. The number of amides is 2. The normalized spacial score (nSPS) is 9.68. The number of hydrogen-bond donors (Lipinski definition) is 2. The van der Waals surface area contributed by atoms with E-state index in [2.05, 4.69) is 15.6 Å². The summed E-state index contributed by atoms with van der Waals surface area (Å²) in [5.74, 6) is -0.242. The first-order valence-electron chi connectivity index (χ1n) is 5.77. The van der Waals surface area contributed by atoms with Crippen molar-refractivity contribution in [1.82, 2.24) is 10.3 Å². The summed E-state index contributed by atoms with van der Waals surface area (Å²) in [6.45, 7) is 0.391. The number of nitrogens with one attached hydrogen (secondary N) is 2. The fourth-order valence-corrected chi connectivity index (χ4v) is 1.65. The minimum atomic E-state index is -0.242. The van der Waals surface area contributed by atoms with Gasteiger partial charge in [0.1, 0.15) is 0 Å². The number of nitrogens with zero attached hydrogens (tertiary/aromatic N) is 1. The highest BCUT2D eigenvalue weighted by molar-refractivity contribution is 6.01. The maximum Gasteiger partial charge on any atom is 0.253 e. The lowest BCUT2D eigenvalue weighted by Gasteiger charge is -2.08. The molecule has 5 nitrogen and oxygen atoms in total. The number of anilines is 1. The van der Waals surface area contributed by atoms with Crippen LogP contribution in [0.15, 0.2) is 48.8 Å². The van der Waals surface area contributed by atoms with E-state index in [1.807, 2.05) is 12.1 Å². The molecule has 0 fully saturated rings. The van der Waals surface area contributed by atoms with Gasteiger partial charge >= 0.3 is 0 Å². The standard InChI is InChI=1S/C14H13N3O2/c18-10-17-13-6-2-1-5-12(13)14(19)16-9-11-4-3-7-15-8-11/h1-8,10H,9H2,(H,16,19)(H,17,18). The summed E-state index contributed by atoms with van der Waals surface area (Å²) in [4.78, 5) is 26.5. The van der Waals surface area contributed by atoms with Crippen molar-refractivity contribution >= 4 is 18.0 Å². The van der Waals surface area contributed by atoms with Crippen molar-refractivity contribution in [2.45, 2.75) is 6.54 Å². The quantitative estimate of drug-likeness (QED) is 0.797. The molecule has 1 heterocycles. The Balaban J connectivity index is 2.06. The molecule has 0 spiro atoms. The number of carbonyl (C=O) groups excluding carboxylic acids is 2. The molecule has 0 aliphatic heterocycles. The van der Waals surface area contributed by atoms with E-state index in [9.17, 15) is 9.59 Å². The van der Waals surface area contributed by atoms with Gasteiger partial charge in [0.2, 0.25) is 6.41 Å². The highest BCUT2D eigenvalue weighted by Gasteiger charge is 2.09. The molecule has 0 saturated heterocycles. The molecule has 0 aliphatic carbocycles. The van der Waals surface area contributed by atoms with Gasteiger partial charge in [0, 0.05) is 18.9 Å². The van der Waals surface area contributed by atoms with Gasteiger partial charge in [0.05, 0.1) is 11.3 Å². The van der Waals surface area contributed by atoms with E-state index >= 15 is 0 Å². The fraction of sp³-hybridized carbons (Fsp3) is 0.0714. The number of para-hydroxylation sites is 1. The van der Waals surface area contributed by atoms with Crippen molar-refractivity contribution in [1.29, 1.82) is 0 Å². The van der Waals surface area contributed by atoms with Crippen LogP contribution >= 0.6 is 0 Å². The highest BCUT2D eigenvalue weighted by Crippen LogP contribution is 2.14. The molecule has 19 heavy (non-hydrogen) atoms. The molecule has 1 aromatic carbocycles. The van der Waals surface area contributed by atoms with E-state index in [-0.39, 0.29) is 5.91 Å². The van der Waals surface area contributed by atoms with Gasteiger partial charge < -0.3 is 10.6 Å². The van der Waals surface area contributed by atoms with Gasteiger partial charge in [0.15, 0.2) is 0 Å². The molecule has 1 aromatic heterocycles. The summed E-state index contributed by atoms with van der Waals surface area (Å²) >= 11 is 0. The topological polar surface area (TPSA) is 71.1 Å². The van der Waals surface area contributed by atoms with Crippen LogP contribution in [-0.4, -0.2) is 17.3 Å². The van der Waals surface area contributed by atoms with E-state index in [1.54, 1.807) is 36.7 Å². The minimum Gasteiger partial charge on any atom is -0.348 e. The Kier molecular flexibility index (Phi) is 4.23. The predicted molar refractivity (Wildman–Crippen MR) is 71.5 cm³/mol. The van der Waals surface area contributed by atoms with Crippen molar-refractivity contribution in [2.75, 3.05) is 5.32 Å². The van der Waals surface area contributed by atoms with Gasteiger partial charge in [-0.1, -0.05) is 18.2 Å². The monoisotopic (exact) mass is 255 g/mol. The second kappa shape index (κ2) is 6.30. The van der Waals surface area contributed by atoms with Crippen LogP contribution in [0.1, 0.15) is 15.9 Å². The van der Waals surface area contributed by atoms with E-state index in [0.717, 1.165) is 5.56 Å². The molecule has 2 amide bonds. The first kappa shape index (κ1) is 12.8. The van der Waals surface area contributed by atoms with Gasteiger partial charge in [0.25, 0.3) is 5.91 Å². The summed E-state index contributed by atoms with van der Waals surface area (Å²) in [5, 5.41) is 5.28. The zero-order chi connectivity index (χ0) is 13.5. The SMILES string of the molecule is O=CNc1ccccc1C(=O)NCc1cccnc1. The molecule has 0 atom stereocenters. The Labute approximate surface area is 110 Å². The second-order valence-electron chi connectivity index (χ2n) is 3.85. The summed E-state index contributed by atoms with van der Waals surface area (Å²) in [5.41, 5.74) is 1.83. The Morgan fingerprint density at radius 3 is 2.79 bits per heavy atom. The number of hydrogen-bond acceptors (Lipinski definition) is 3. The Morgan fingerprint density at radius 1 is 1.21 bits per heavy atom. The number of rotatable bonds is 5. The van der Waals surface area contributed by atoms with E-state index in [4.69, 9.17) is 0 Å². The largest absolute Gasteiger partial charge is 0.348 e. The molecular formula is C14H13N3O2. The van der Waals surface area contributed by atoms with Crippen molar-refractivity contribution < 1.29 is 9.59 Å². The number of aromatic nitrogens is 1. The third-order valence-electron chi connectivity index (χ3n) is 2.56. The molecule has 0 unspecified atom stereocenters. The van der Waals surface area contributed by atoms with Gasteiger partial charge in [-0.25, -0.2) is 0 Å². The molecule has 5 heteroatoms. The van der Waals surface area contributed by atoms with Gasteiger partial charge in [-0.3, -0.25) is 14.6 Å². The van der Waals surface area contributed by atoms with Gasteiger partial charge in [-0.15, -0.1) is 0 Å². The third kappa shape index (κ3) is 3.38. The molecule has 2 aromatic rings. The number of pyridine rings is 1. The Bertz CT molecular complexity index is 570. The molecule has 2 rings (SSSR count). The fourth-order valence-electron chi connectivity index (χ4n) is 1.65. The summed E-state index contributed by atoms with van der Waals surface area (Å²) < 4.78 is 0. The molecule has 0 bridgehead atoms. The molecule has 0 radical (unpaired) electrons. The number of carbonyl (C=O) groups is 2. The number of benzene rings is 1. The zero-order valence-electron chi connectivity index (χ0n) is 10.2. The maximum atomic E-state index is 12.0. The van der Waals surface area contributed by atoms with Crippen LogP contribution in [0.25, 0.3) is 0 Å². The lowest BCUT2D eigenvalue weighted by molar-refractivity contribution is -0.105. The average Bonchev–Trinajstić information content (AvgIpc) is 2.47. The molecule has 96 valence electrons. The van der Waals surface area contributed by atoms with Gasteiger partial charge in [-0.2, -0.15) is 0 Å². The maximum absolute atomic E-state index is 12.0. The lowest BCUT2D eigenvalue weighted by Crippen LogP contribution is -2.23. The van der Waals surface area contributed by atoms with Gasteiger partial charge in [-0.05, 0) is 23.8 Å². The first-order chi connectivity index (χ1) is 9.31. The van der Waals surface area contributed by atoms with E-state index < -0.39 is 0 Å². The molecule has 0 aliphatic rings. The molecule has 0 saturated carbocycles. The van der Waals surface area contributed by atoms with Crippen LogP contribution in [0, 0.1) is 0 Å².